The zero-order valence-corrected chi connectivity index (χ0v) is 12.2. The third-order valence-corrected chi connectivity index (χ3v) is 3.58. The van der Waals surface area contributed by atoms with Crippen LogP contribution in [-0.2, 0) is 16.1 Å². The number of nitrogens with zero attached hydrogens (tertiary/aromatic N) is 1. The molecule has 21 heavy (non-hydrogen) atoms. The Kier molecular flexibility index (Phi) is 4.77. The minimum absolute atomic E-state index is 0.0309. The van der Waals surface area contributed by atoms with Gasteiger partial charge in [-0.1, -0.05) is 19.4 Å². The highest BCUT2D eigenvalue weighted by atomic mass is 19.1. The monoisotopic (exact) mass is 294 g/mol. The van der Waals surface area contributed by atoms with E-state index >= 15 is 0 Å². The number of methoxy groups -OCH3 is 1. The van der Waals surface area contributed by atoms with Gasteiger partial charge in [0.05, 0.1) is 13.7 Å². The van der Waals surface area contributed by atoms with Crippen LogP contribution in [0.5, 0.6) is 5.75 Å². The number of rotatable bonds is 5. The standard InChI is InChI=1S/C15H19FN2O3/c1-3-4-13-15(20)17-8-14(19)18(13)9-10-5-6-11(21-2)7-12(10)16/h5-7,13H,3-4,8-9H2,1-2H3,(H,17,20). The summed E-state index contributed by atoms with van der Waals surface area (Å²) in [4.78, 5) is 25.4. The summed E-state index contributed by atoms with van der Waals surface area (Å²) in [6.07, 6.45) is 1.34. The van der Waals surface area contributed by atoms with Gasteiger partial charge in [-0.3, -0.25) is 9.59 Å². The van der Waals surface area contributed by atoms with Gasteiger partial charge in [-0.05, 0) is 12.5 Å². The fourth-order valence-electron chi connectivity index (χ4n) is 2.42. The average molecular weight is 294 g/mol. The van der Waals surface area contributed by atoms with E-state index in [1.54, 1.807) is 12.1 Å². The van der Waals surface area contributed by atoms with E-state index in [-0.39, 0.29) is 24.9 Å². The Morgan fingerprint density at radius 2 is 2.19 bits per heavy atom. The minimum atomic E-state index is -0.530. The Labute approximate surface area is 123 Å². The van der Waals surface area contributed by atoms with Crippen LogP contribution in [0.15, 0.2) is 18.2 Å². The van der Waals surface area contributed by atoms with Gasteiger partial charge in [0.2, 0.25) is 11.8 Å². The van der Waals surface area contributed by atoms with Crippen LogP contribution >= 0.6 is 0 Å². The van der Waals surface area contributed by atoms with Gasteiger partial charge in [-0.2, -0.15) is 0 Å². The van der Waals surface area contributed by atoms with Crippen LogP contribution in [0.1, 0.15) is 25.3 Å². The summed E-state index contributed by atoms with van der Waals surface area (Å²) in [6, 6.07) is 3.97. The lowest BCUT2D eigenvalue weighted by molar-refractivity contribution is -0.146. The number of hydrogen-bond acceptors (Lipinski definition) is 3. The molecule has 114 valence electrons. The zero-order chi connectivity index (χ0) is 15.4. The molecule has 0 aromatic heterocycles. The van der Waals surface area contributed by atoms with Crippen molar-refractivity contribution in [3.63, 3.8) is 0 Å². The fraction of sp³-hybridized carbons (Fsp3) is 0.467. The van der Waals surface area contributed by atoms with E-state index in [1.807, 2.05) is 6.92 Å². The molecular formula is C15H19FN2O3. The number of benzene rings is 1. The van der Waals surface area contributed by atoms with E-state index in [9.17, 15) is 14.0 Å². The number of ether oxygens (including phenoxy) is 1. The van der Waals surface area contributed by atoms with Gasteiger partial charge in [0.1, 0.15) is 17.6 Å². The van der Waals surface area contributed by atoms with Crippen LogP contribution in [0.3, 0.4) is 0 Å². The average Bonchev–Trinajstić information content (AvgIpc) is 2.48. The number of carbonyl (C=O) groups is 2. The van der Waals surface area contributed by atoms with Gasteiger partial charge in [-0.15, -0.1) is 0 Å². The first-order chi connectivity index (χ1) is 10.1. The van der Waals surface area contributed by atoms with Gasteiger partial charge >= 0.3 is 0 Å². The first-order valence-corrected chi connectivity index (χ1v) is 6.96. The van der Waals surface area contributed by atoms with E-state index in [2.05, 4.69) is 5.32 Å². The molecule has 6 heteroatoms. The lowest BCUT2D eigenvalue weighted by Gasteiger charge is -2.35. The first kappa shape index (κ1) is 15.3. The highest BCUT2D eigenvalue weighted by molar-refractivity contribution is 5.94. The largest absolute Gasteiger partial charge is 0.497 e. The van der Waals surface area contributed by atoms with Gasteiger partial charge in [0.15, 0.2) is 0 Å². The molecule has 1 saturated heterocycles. The maximum atomic E-state index is 14.0. The summed E-state index contributed by atoms with van der Waals surface area (Å²) >= 11 is 0. The molecule has 1 N–H and O–H groups in total. The third kappa shape index (κ3) is 3.32. The van der Waals surface area contributed by atoms with Crippen LogP contribution in [0, 0.1) is 5.82 Å². The fourth-order valence-corrected chi connectivity index (χ4v) is 2.42. The molecule has 0 radical (unpaired) electrons. The maximum Gasteiger partial charge on any atom is 0.243 e. The molecule has 1 unspecified atom stereocenters. The van der Waals surface area contributed by atoms with Crippen molar-refractivity contribution in [3.05, 3.63) is 29.6 Å². The van der Waals surface area contributed by atoms with E-state index < -0.39 is 11.9 Å². The molecule has 1 aliphatic rings. The summed E-state index contributed by atoms with van der Waals surface area (Å²) in [5.74, 6) is -0.388. The summed E-state index contributed by atoms with van der Waals surface area (Å²) in [5.41, 5.74) is 0.375. The second kappa shape index (κ2) is 6.56. The molecule has 5 nitrogen and oxygen atoms in total. The molecule has 1 heterocycles. The van der Waals surface area contributed by atoms with Gasteiger partial charge in [0, 0.05) is 18.2 Å². The lowest BCUT2D eigenvalue weighted by atomic mass is 10.0. The van der Waals surface area contributed by atoms with E-state index in [0.717, 1.165) is 6.42 Å². The van der Waals surface area contributed by atoms with Gasteiger partial charge < -0.3 is 15.0 Å². The van der Waals surface area contributed by atoms with Crippen LogP contribution in [0.4, 0.5) is 4.39 Å². The van der Waals surface area contributed by atoms with Crippen molar-refractivity contribution in [3.8, 4) is 5.75 Å². The van der Waals surface area contributed by atoms with E-state index in [1.165, 1.54) is 18.1 Å². The van der Waals surface area contributed by atoms with Crippen molar-refractivity contribution in [2.75, 3.05) is 13.7 Å². The topological polar surface area (TPSA) is 58.6 Å². The van der Waals surface area contributed by atoms with Crippen LogP contribution in [0.25, 0.3) is 0 Å². The summed E-state index contributed by atoms with van der Waals surface area (Å²) in [5, 5.41) is 2.57. The Hall–Kier alpha value is -2.11. The Morgan fingerprint density at radius 1 is 1.43 bits per heavy atom. The van der Waals surface area contributed by atoms with E-state index in [0.29, 0.717) is 17.7 Å². The molecule has 1 atom stereocenters. The van der Waals surface area contributed by atoms with Crippen molar-refractivity contribution >= 4 is 11.8 Å². The van der Waals surface area contributed by atoms with E-state index in [4.69, 9.17) is 4.74 Å². The molecule has 2 amide bonds. The second-order valence-corrected chi connectivity index (χ2v) is 5.00. The molecule has 0 aliphatic carbocycles. The SMILES string of the molecule is CCCC1C(=O)NCC(=O)N1Cc1ccc(OC)cc1F. The number of carbonyl (C=O) groups excluding carboxylic acids is 2. The smallest absolute Gasteiger partial charge is 0.243 e. The Balaban J connectivity index is 2.22. The molecule has 1 aromatic rings. The van der Waals surface area contributed by atoms with Crippen molar-refractivity contribution in [2.45, 2.75) is 32.4 Å². The number of nitrogens with one attached hydrogen (secondary N) is 1. The zero-order valence-electron chi connectivity index (χ0n) is 12.2. The predicted molar refractivity (Wildman–Crippen MR) is 75.2 cm³/mol. The molecule has 0 spiro atoms. The molecule has 1 fully saturated rings. The highest BCUT2D eigenvalue weighted by Crippen LogP contribution is 2.21. The quantitative estimate of drug-likeness (QED) is 0.894. The van der Waals surface area contributed by atoms with Crippen LogP contribution in [0.2, 0.25) is 0 Å². The number of piperazine rings is 1. The molecule has 0 saturated carbocycles. The number of amides is 2. The summed E-state index contributed by atoms with van der Waals surface area (Å²) in [6.45, 7) is 2.00. The Bertz CT molecular complexity index is 548. The van der Waals surface area contributed by atoms with Crippen molar-refractivity contribution in [2.24, 2.45) is 0 Å². The van der Waals surface area contributed by atoms with Crippen molar-refractivity contribution in [1.29, 1.82) is 0 Å². The molecular weight excluding hydrogens is 275 g/mol. The third-order valence-electron chi connectivity index (χ3n) is 3.58. The highest BCUT2D eigenvalue weighted by Gasteiger charge is 2.33. The van der Waals surface area contributed by atoms with Crippen LogP contribution < -0.4 is 10.1 Å². The minimum Gasteiger partial charge on any atom is -0.497 e. The maximum absolute atomic E-state index is 14.0. The van der Waals surface area contributed by atoms with Gasteiger partial charge in [-0.25, -0.2) is 4.39 Å². The van der Waals surface area contributed by atoms with Crippen molar-refractivity contribution < 1.29 is 18.7 Å². The Morgan fingerprint density at radius 3 is 2.81 bits per heavy atom. The lowest BCUT2D eigenvalue weighted by Crippen LogP contribution is -2.57. The molecule has 0 bridgehead atoms. The van der Waals surface area contributed by atoms with Crippen LogP contribution in [-0.4, -0.2) is 36.4 Å². The molecule has 1 aromatic carbocycles. The molecule has 2 rings (SSSR count). The van der Waals surface area contributed by atoms with Crippen molar-refractivity contribution in [1.82, 2.24) is 10.2 Å². The number of halogens is 1. The van der Waals surface area contributed by atoms with Gasteiger partial charge in [0.25, 0.3) is 0 Å². The second-order valence-electron chi connectivity index (χ2n) is 5.00. The molecule has 1 aliphatic heterocycles. The first-order valence-electron chi connectivity index (χ1n) is 6.96. The summed E-state index contributed by atoms with van der Waals surface area (Å²) in [7, 11) is 1.46. The number of hydrogen-bond donors (Lipinski definition) is 1. The summed E-state index contributed by atoms with van der Waals surface area (Å²) < 4.78 is 19.0. The predicted octanol–water partition coefficient (Wildman–Crippen LogP) is 1.46. The normalized spacial score (nSPS) is 18.6.